The maximum atomic E-state index is 14.0. The van der Waals surface area contributed by atoms with Crippen LogP contribution in [-0.4, -0.2) is 40.3 Å². The molecule has 1 fully saturated rings. The number of nitrogens with one attached hydrogen (secondary N) is 4. The molecule has 4 N–H and O–H groups in total. The minimum Gasteiger partial charge on any atom is -0.383 e. The van der Waals surface area contributed by atoms with Gasteiger partial charge in [-0.25, -0.2) is 4.98 Å². The lowest BCUT2D eigenvalue weighted by Gasteiger charge is -2.44. The van der Waals surface area contributed by atoms with E-state index in [1.165, 1.54) is 6.07 Å². The first-order valence-electron chi connectivity index (χ1n) is 13.1. The van der Waals surface area contributed by atoms with Gasteiger partial charge in [-0.05, 0) is 37.5 Å². The molecular weight excluding hydrogens is 507 g/mol. The highest BCUT2D eigenvalue weighted by Crippen LogP contribution is 2.36. The molecule has 9 nitrogen and oxygen atoms in total. The number of aromatic nitrogens is 2. The van der Waals surface area contributed by atoms with Crippen LogP contribution in [0.1, 0.15) is 56.1 Å². The molecule has 4 heterocycles. The summed E-state index contributed by atoms with van der Waals surface area (Å²) in [6.07, 6.45) is 9.43. The Morgan fingerprint density at radius 2 is 2.05 bits per heavy atom. The van der Waals surface area contributed by atoms with Gasteiger partial charge in [-0.2, -0.15) is 9.65 Å². The number of hydrogen-bond donors (Lipinski definition) is 4. The van der Waals surface area contributed by atoms with Gasteiger partial charge in [0.2, 0.25) is 5.95 Å². The number of hydrogen-bond acceptors (Lipinski definition) is 9. The first kappa shape index (κ1) is 27.2. The van der Waals surface area contributed by atoms with Gasteiger partial charge in [-0.1, -0.05) is 32.8 Å². The summed E-state index contributed by atoms with van der Waals surface area (Å²) < 4.78 is 19.4. The summed E-state index contributed by atoms with van der Waals surface area (Å²) in [5.41, 5.74) is 11.4. The van der Waals surface area contributed by atoms with E-state index in [1.54, 1.807) is 25.3 Å². The van der Waals surface area contributed by atoms with E-state index >= 15 is 0 Å². The third kappa shape index (κ3) is 5.24. The number of ether oxygens (including phenoxy) is 1. The average molecular weight is 541 g/mol. The normalized spacial score (nSPS) is 16.8. The van der Waals surface area contributed by atoms with E-state index in [-0.39, 0.29) is 11.0 Å². The van der Waals surface area contributed by atoms with Crippen LogP contribution in [0.15, 0.2) is 42.4 Å². The van der Waals surface area contributed by atoms with Crippen LogP contribution < -0.4 is 21.6 Å². The molecule has 2 aliphatic heterocycles. The van der Waals surface area contributed by atoms with Crippen LogP contribution in [0.25, 0.3) is 10.9 Å². The zero-order chi connectivity index (χ0) is 28.7. The van der Waals surface area contributed by atoms with Gasteiger partial charge in [0.25, 0.3) is 0 Å². The molecule has 1 aromatic carbocycles. The highest BCUT2D eigenvalue weighted by atomic mass is 19.1. The van der Waals surface area contributed by atoms with Gasteiger partial charge in [-0.15, -0.1) is 12.0 Å². The van der Waals surface area contributed by atoms with Gasteiger partial charge in [0.05, 0.1) is 47.3 Å². The Bertz CT molecular complexity index is 1580. The third-order valence-corrected chi connectivity index (χ3v) is 7.07. The Labute approximate surface area is 233 Å². The van der Waals surface area contributed by atoms with E-state index in [9.17, 15) is 9.65 Å². The van der Waals surface area contributed by atoms with Crippen LogP contribution in [0.4, 0.5) is 15.8 Å². The predicted octanol–water partition coefficient (Wildman–Crippen LogP) is 4.50. The Morgan fingerprint density at radius 3 is 2.67 bits per heavy atom. The Kier molecular flexibility index (Phi) is 7.01. The van der Waals surface area contributed by atoms with Gasteiger partial charge in [0.15, 0.2) is 0 Å². The van der Waals surface area contributed by atoms with E-state index < -0.39 is 12.0 Å². The number of pyridine rings is 2. The molecule has 1 atom stereocenters. The second kappa shape index (κ2) is 10.3. The number of benzene rings is 1. The van der Waals surface area contributed by atoms with E-state index in [0.717, 1.165) is 22.3 Å². The van der Waals surface area contributed by atoms with Crippen molar-refractivity contribution in [2.75, 3.05) is 30.4 Å². The van der Waals surface area contributed by atoms with Crippen molar-refractivity contribution in [3.05, 3.63) is 70.7 Å². The molecule has 0 unspecified atom stereocenters. The molecule has 0 saturated carbocycles. The lowest BCUT2D eigenvalue weighted by atomic mass is 9.96. The number of nitriles is 1. The summed E-state index contributed by atoms with van der Waals surface area (Å²) >= 11 is 0. The minimum absolute atomic E-state index is 0.00477. The van der Waals surface area contributed by atoms with Crippen molar-refractivity contribution in [3.8, 4) is 18.4 Å². The number of hydrazine groups is 2. The van der Waals surface area contributed by atoms with Crippen molar-refractivity contribution in [1.82, 2.24) is 25.9 Å². The molecule has 0 spiro atoms. The molecular formula is C30H33FN8O. The van der Waals surface area contributed by atoms with Crippen molar-refractivity contribution in [3.63, 3.8) is 0 Å². The van der Waals surface area contributed by atoms with Crippen molar-refractivity contribution in [1.29, 1.82) is 5.26 Å². The van der Waals surface area contributed by atoms with Crippen LogP contribution in [0.5, 0.6) is 0 Å². The maximum absolute atomic E-state index is 14.0. The topological polar surface area (TPSA) is 110 Å². The van der Waals surface area contributed by atoms with Gasteiger partial charge < -0.3 is 20.8 Å². The smallest absolute Gasteiger partial charge is 0.213 e. The van der Waals surface area contributed by atoms with Crippen molar-refractivity contribution < 1.29 is 9.13 Å². The lowest BCUT2D eigenvalue weighted by molar-refractivity contribution is -0.129. The molecule has 0 radical (unpaired) electrons. The minimum atomic E-state index is -0.549. The van der Waals surface area contributed by atoms with E-state index in [2.05, 4.69) is 71.2 Å². The largest absolute Gasteiger partial charge is 0.383 e. The molecule has 0 aliphatic carbocycles. The monoisotopic (exact) mass is 540 g/mol. The average Bonchev–Trinajstić information content (AvgIpc) is 3.38. The molecule has 1 saturated heterocycles. The van der Waals surface area contributed by atoms with Gasteiger partial charge in [-0.3, -0.25) is 9.99 Å². The summed E-state index contributed by atoms with van der Waals surface area (Å²) in [6.45, 7) is 12.1. The van der Waals surface area contributed by atoms with Gasteiger partial charge >= 0.3 is 0 Å². The van der Waals surface area contributed by atoms with E-state index in [4.69, 9.17) is 11.2 Å². The number of rotatable bonds is 7. The fourth-order valence-electron chi connectivity index (χ4n) is 4.76. The molecule has 10 heteroatoms. The summed E-state index contributed by atoms with van der Waals surface area (Å²) in [6, 6.07) is 8.60. The van der Waals surface area contributed by atoms with Crippen LogP contribution in [-0.2, 0) is 4.74 Å². The van der Waals surface area contributed by atoms with E-state index in [1.807, 2.05) is 17.3 Å². The van der Waals surface area contributed by atoms with Gasteiger partial charge in [0.1, 0.15) is 11.6 Å². The number of anilines is 2. The molecule has 0 amide bonds. The molecule has 2 aliphatic rings. The standard InChI is InChI=1S/C30H33FN8O/c1-7-19-13-33-27-20(12-32)10-21(11-23(27)26(19)34-15-29(3,4)5)36-28(22-8-9-25(31)35-18(22)2)24-14-39(38-37-24)30(6)16-40-17-30/h1,8-11,13-14,28,36-38H,15-17H2,2-6H3,(H,33,34)/t28-/m0/s1. The summed E-state index contributed by atoms with van der Waals surface area (Å²) in [5, 5.41) is 19.8. The molecule has 3 aromatic rings. The summed E-state index contributed by atoms with van der Waals surface area (Å²) in [4.78, 5) is 8.58. The molecule has 2 aromatic heterocycles. The highest BCUT2D eigenvalue weighted by Gasteiger charge is 2.41. The zero-order valence-corrected chi connectivity index (χ0v) is 23.3. The first-order chi connectivity index (χ1) is 19.0. The second-order valence-corrected chi connectivity index (χ2v) is 11.7. The van der Waals surface area contributed by atoms with Crippen LogP contribution in [0.2, 0.25) is 0 Å². The van der Waals surface area contributed by atoms with Crippen molar-refractivity contribution in [2.45, 2.75) is 46.2 Å². The highest BCUT2D eigenvalue weighted by molar-refractivity contribution is 5.99. The number of aryl methyl sites for hydroxylation is 1. The third-order valence-electron chi connectivity index (χ3n) is 7.07. The Balaban J connectivity index is 1.61. The van der Waals surface area contributed by atoms with Crippen molar-refractivity contribution in [2.24, 2.45) is 5.41 Å². The molecule has 0 bridgehead atoms. The Hall–Kier alpha value is -4.38. The number of nitrogens with zero attached hydrogens (tertiary/aromatic N) is 4. The molecule has 206 valence electrons. The van der Waals surface area contributed by atoms with Gasteiger partial charge in [0, 0.05) is 41.3 Å². The second-order valence-electron chi connectivity index (χ2n) is 11.7. The number of fused-ring (bicyclic) bond motifs is 1. The lowest BCUT2D eigenvalue weighted by Crippen LogP contribution is -2.62. The quantitative estimate of drug-likeness (QED) is 0.254. The van der Waals surface area contributed by atoms with Crippen LogP contribution in [0, 0.1) is 42.0 Å². The first-order valence-corrected chi connectivity index (χ1v) is 13.1. The maximum Gasteiger partial charge on any atom is 0.213 e. The van der Waals surface area contributed by atoms with Crippen LogP contribution >= 0.6 is 0 Å². The predicted molar refractivity (Wildman–Crippen MR) is 153 cm³/mol. The van der Waals surface area contributed by atoms with Crippen LogP contribution in [0.3, 0.4) is 0 Å². The number of terminal acetylenes is 1. The summed E-state index contributed by atoms with van der Waals surface area (Å²) in [7, 11) is 0. The fourth-order valence-corrected chi connectivity index (χ4v) is 4.76. The summed E-state index contributed by atoms with van der Waals surface area (Å²) in [5.74, 6) is 2.17. The zero-order valence-electron chi connectivity index (χ0n) is 23.3. The van der Waals surface area contributed by atoms with Crippen molar-refractivity contribution >= 4 is 22.3 Å². The molecule has 40 heavy (non-hydrogen) atoms. The molecule has 5 rings (SSSR count). The van der Waals surface area contributed by atoms with E-state index in [0.29, 0.717) is 47.8 Å². The SMILES string of the molecule is C#Cc1cnc2c(C#N)cc(N[C@H](C3=CN(C4(C)COC4)NN3)c3ccc(F)nc3C)cc2c1NCC(C)(C)C. The fraction of sp³-hybridized carbons (Fsp3) is 0.367. The number of halogens is 1. The Morgan fingerprint density at radius 1 is 1.27 bits per heavy atom.